The summed E-state index contributed by atoms with van der Waals surface area (Å²) in [6.45, 7) is 2.15. The van der Waals surface area contributed by atoms with Crippen molar-refractivity contribution in [3.63, 3.8) is 0 Å². The van der Waals surface area contributed by atoms with E-state index in [4.69, 9.17) is 24.7 Å². The van der Waals surface area contributed by atoms with Crippen molar-refractivity contribution in [1.82, 2.24) is 0 Å². The standard InChI is InChI=1S/C32H24F2N2O5/c1-2-38-29-15-19(11-14-27(29)39-18-20-7-3-5-9-25(20)33)30-23-13-12-21(16-28(23)41-31(36)24(30)17-35)40-32(37)22-8-4-6-10-26(22)34/h3-16,30H,2,18,36H2,1H3. The molecule has 0 amide bonds. The molecule has 206 valence electrons. The Bertz CT molecular complexity index is 1700. The van der Waals surface area contributed by atoms with E-state index < -0.39 is 17.7 Å². The van der Waals surface area contributed by atoms with Gasteiger partial charge in [0.15, 0.2) is 11.5 Å². The normalized spacial score (nSPS) is 14.0. The number of rotatable bonds is 8. The first-order valence-electron chi connectivity index (χ1n) is 12.7. The molecule has 1 aliphatic heterocycles. The Kier molecular flexibility index (Phi) is 7.83. The number of esters is 1. The molecule has 4 aromatic carbocycles. The molecule has 0 fully saturated rings. The maximum absolute atomic E-state index is 14.1. The number of benzene rings is 4. The van der Waals surface area contributed by atoms with Crippen molar-refractivity contribution in [2.24, 2.45) is 5.73 Å². The zero-order valence-corrected chi connectivity index (χ0v) is 21.9. The zero-order valence-electron chi connectivity index (χ0n) is 21.9. The Balaban J connectivity index is 1.46. The summed E-state index contributed by atoms with van der Waals surface area (Å²) < 4.78 is 50.9. The van der Waals surface area contributed by atoms with Crippen LogP contribution in [0.1, 0.15) is 39.9 Å². The molecule has 1 atom stereocenters. The van der Waals surface area contributed by atoms with Crippen molar-refractivity contribution in [2.45, 2.75) is 19.4 Å². The van der Waals surface area contributed by atoms with Crippen LogP contribution in [0.2, 0.25) is 0 Å². The van der Waals surface area contributed by atoms with Crippen LogP contribution in [0, 0.1) is 23.0 Å². The van der Waals surface area contributed by atoms with E-state index >= 15 is 0 Å². The second-order valence-corrected chi connectivity index (χ2v) is 9.01. The van der Waals surface area contributed by atoms with Crippen LogP contribution in [0.25, 0.3) is 0 Å². The lowest BCUT2D eigenvalue weighted by molar-refractivity contribution is 0.0729. The molecule has 0 saturated heterocycles. The molecule has 0 saturated carbocycles. The highest BCUT2D eigenvalue weighted by Gasteiger charge is 2.32. The van der Waals surface area contributed by atoms with Crippen molar-refractivity contribution in [1.29, 1.82) is 5.26 Å². The lowest BCUT2D eigenvalue weighted by Crippen LogP contribution is -2.21. The van der Waals surface area contributed by atoms with Gasteiger partial charge in [-0.3, -0.25) is 0 Å². The Hall–Kier alpha value is -5.36. The van der Waals surface area contributed by atoms with Gasteiger partial charge in [0.25, 0.3) is 0 Å². The molecule has 1 aliphatic rings. The Morgan fingerprint density at radius 2 is 1.71 bits per heavy atom. The predicted molar refractivity (Wildman–Crippen MR) is 145 cm³/mol. The van der Waals surface area contributed by atoms with E-state index in [1.54, 1.807) is 42.5 Å². The number of hydrogen-bond donors (Lipinski definition) is 1. The average molecular weight is 555 g/mol. The maximum Gasteiger partial charge on any atom is 0.346 e. The average Bonchev–Trinajstić information content (AvgIpc) is 2.97. The molecule has 0 bridgehead atoms. The van der Waals surface area contributed by atoms with E-state index in [0.29, 0.717) is 34.8 Å². The number of nitriles is 1. The van der Waals surface area contributed by atoms with Crippen LogP contribution in [0.4, 0.5) is 8.78 Å². The molecule has 1 unspecified atom stereocenters. The highest BCUT2D eigenvalue weighted by Crippen LogP contribution is 2.45. The van der Waals surface area contributed by atoms with Gasteiger partial charge in [-0.05, 0) is 48.9 Å². The maximum atomic E-state index is 14.1. The Morgan fingerprint density at radius 3 is 2.44 bits per heavy atom. The molecule has 9 heteroatoms. The van der Waals surface area contributed by atoms with E-state index in [0.717, 1.165) is 0 Å². The first-order valence-corrected chi connectivity index (χ1v) is 12.7. The predicted octanol–water partition coefficient (Wildman–Crippen LogP) is 6.38. The third-order valence-corrected chi connectivity index (χ3v) is 6.44. The van der Waals surface area contributed by atoms with Gasteiger partial charge in [0.1, 0.15) is 41.4 Å². The number of halogens is 2. The molecule has 2 N–H and O–H groups in total. The number of nitrogens with zero attached hydrogens (tertiary/aromatic N) is 1. The molecule has 5 rings (SSSR count). The van der Waals surface area contributed by atoms with E-state index in [1.165, 1.54) is 42.5 Å². The number of fused-ring (bicyclic) bond motifs is 1. The van der Waals surface area contributed by atoms with E-state index in [2.05, 4.69) is 6.07 Å². The van der Waals surface area contributed by atoms with Gasteiger partial charge in [-0.1, -0.05) is 42.5 Å². The van der Waals surface area contributed by atoms with Gasteiger partial charge < -0.3 is 24.7 Å². The fraction of sp³-hybridized carbons (Fsp3) is 0.125. The smallest absolute Gasteiger partial charge is 0.346 e. The summed E-state index contributed by atoms with van der Waals surface area (Å²) in [5, 5.41) is 9.94. The summed E-state index contributed by atoms with van der Waals surface area (Å²) in [7, 11) is 0. The van der Waals surface area contributed by atoms with Crippen molar-refractivity contribution in [3.05, 3.63) is 130 Å². The molecule has 7 nitrogen and oxygen atoms in total. The van der Waals surface area contributed by atoms with E-state index in [1.807, 2.05) is 6.92 Å². The second-order valence-electron chi connectivity index (χ2n) is 9.01. The van der Waals surface area contributed by atoms with Gasteiger partial charge >= 0.3 is 5.97 Å². The van der Waals surface area contributed by atoms with E-state index in [-0.39, 0.29) is 40.9 Å². The molecule has 0 aromatic heterocycles. The van der Waals surface area contributed by atoms with Gasteiger partial charge in [-0.25, -0.2) is 13.6 Å². The number of allylic oxidation sites excluding steroid dienone is 1. The third kappa shape index (κ3) is 5.68. The lowest BCUT2D eigenvalue weighted by Gasteiger charge is -2.27. The van der Waals surface area contributed by atoms with Crippen LogP contribution in [0.5, 0.6) is 23.0 Å². The van der Waals surface area contributed by atoms with Gasteiger partial charge in [0.2, 0.25) is 5.88 Å². The van der Waals surface area contributed by atoms with Gasteiger partial charge in [-0.2, -0.15) is 5.26 Å². The summed E-state index contributed by atoms with van der Waals surface area (Å²) in [4.78, 5) is 12.5. The molecule has 1 heterocycles. The molecule has 4 aromatic rings. The summed E-state index contributed by atoms with van der Waals surface area (Å²) >= 11 is 0. The Morgan fingerprint density at radius 1 is 0.951 bits per heavy atom. The topological polar surface area (TPSA) is 104 Å². The van der Waals surface area contributed by atoms with Crippen LogP contribution >= 0.6 is 0 Å². The summed E-state index contributed by atoms with van der Waals surface area (Å²) in [6, 6.07) is 23.8. The molecular formula is C32H24F2N2O5. The summed E-state index contributed by atoms with van der Waals surface area (Å²) in [6.07, 6.45) is 0. The lowest BCUT2D eigenvalue weighted by atomic mass is 9.83. The van der Waals surface area contributed by atoms with Gasteiger partial charge in [0, 0.05) is 17.2 Å². The zero-order chi connectivity index (χ0) is 28.9. The largest absolute Gasteiger partial charge is 0.490 e. The first kappa shape index (κ1) is 27.2. The molecule has 0 aliphatic carbocycles. The molecule has 0 radical (unpaired) electrons. The summed E-state index contributed by atoms with van der Waals surface area (Å²) in [5.74, 6) is -1.52. The molecular weight excluding hydrogens is 530 g/mol. The van der Waals surface area contributed by atoms with Crippen molar-refractivity contribution in [3.8, 4) is 29.1 Å². The second kappa shape index (κ2) is 11.8. The van der Waals surface area contributed by atoms with Crippen molar-refractivity contribution >= 4 is 5.97 Å². The number of carbonyl (C=O) groups is 1. The van der Waals surface area contributed by atoms with Crippen LogP contribution < -0.4 is 24.7 Å². The number of carbonyl (C=O) groups excluding carboxylic acids is 1. The number of ether oxygens (including phenoxy) is 4. The summed E-state index contributed by atoms with van der Waals surface area (Å²) in [5.41, 5.74) is 7.74. The minimum Gasteiger partial charge on any atom is -0.490 e. The van der Waals surface area contributed by atoms with Crippen molar-refractivity contribution in [2.75, 3.05) is 6.61 Å². The first-order chi connectivity index (χ1) is 19.9. The monoisotopic (exact) mass is 554 g/mol. The fourth-order valence-corrected chi connectivity index (χ4v) is 4.49. The molecule has 41 heavy (non-hydrogen) atoms. The SMILES string of the molecule is CCOc1cc(C2C(C#N)=C(N)Oc3cc(OC(=O)c4ccccc4F)ccc32)ccc1OCc1ccccc1F. The highest BCUT2D eigenvalue weighted by atomic mass is 19.1. The number of hydrogen-bond acceptors (Lipinski definition) is 7. The minimum absolute atomic E-state index is 0.00310. The number of nitrogens with two attached hydrogens (primary N) is 1. The van der Waals surface area contributed by atoms with Gasteiger partial charge in [-0.15, -0.1) is 0 Å². The van der Waals surface area contributed by atoms with Crippen LogP contribution in [0.15, 0.2) is 96.4 Å². The highest BCUT2D eigenvalue weighted by molar-refractivity contribution is 5.91. The van der Waals surface area contributed by atoms with Crippen molar-refractivity contribution < 1.29 is 32.5 Å². The van der Waals surface area contributed by atoms with E-state index in [9.17, 15) is 18.8 Å². The van der Waals surface area contributed by atoms with Crippen LogP contribution in [0.3, 0.4) is 0 Å². The van der Waals surface area contributed by atoms with Gasteiger partial charge in [0.05, 0.1) is 18.1 Å². The molecule has 0 spiro atoms. The van der Waals surface area contributed by atoms with Crippen LogP contribution in [-0.4, -0.2) is 12.6 Å². The van der Waals surface area contributed by atoms with Crippen LogP contribution in [-0.2, 0) is 6.61 Å². The fourth-order valence-electron chi connectivity index (χ4n) is 4.49. The minimum atomic E-state index is -0.871. The third-order valence-electron chi connectivity index (χ3n) is 6.44. The quantitative estimate of drug-likeness (QED) is 0.199. The Labute approximate surface area is 235 Å².